The first-order valence-corrected chi connectivity index (χ1v) is 11.7. The summed E-state index contributed by atoms with van der Waals surface area (Å²) in [4.78, 5) is 12.0. The Balaban J connectivity index is 3.72. The van der Waals surface area contributed by atoms with E-state index in [2.05, 4.69) is 43.5 Å². The van der Waals surface area contributed by atoms with Crippen LogP contribution in [0.3, 0.4) is 0 Å². The largest absolute Gasteiger partial charge is 0.394 e. The van der Waals surface area contributed by atoms with Crippen LogP contribution < -0.4 is 5.32 Å². The third-order valence-electron chi connectivity index (χ3n) is 4.85. The van der Waals surface area contributed by atoms with Gasteiger partial charge < -0.3 is 15.5 Å². The van der Waals surface area contributed by atoms with Crippen LogP contribution in [0, 0.1) is 0 Å². The number of carbonyl (C=O) groups excluding carboxylic acids is 1. The van der Waals surface area contributed by atoms with Crippen molar-refractivity contribution in [3.05, 3.63) is 36.5 Å². The molecule has 2 atom stereocenters. The zero-order valence-corrected chi connectivity index (χ0v) is 18.8. The van der Waals surface area contributed by atoms with E-state index < -0.39 is 12.1 Å². The van der Waals surface area contributed by atoms with Crippen LogP contribution in [0.5, 0.6) is 0 Å². The van der Waals surface area contributed by atoms with Crippen molar-refractivity contribution in [1.29, 1.82) is 0 Å². The molecule has 0 heterocycles. The zero-order valence-electron chi connectivity index (χ0n) is 18.8. The van der Waals surface area contributed by atoms with Crippen LogP contribution in [-0.4, -0.2) is 34.9 Å². The van der Waals surface area contributed by atoms with Gasteiger partial charge in [-0.25, -0.2) is 0 Å². The topological polar surface area (TPSA) is 69.6 Å². The molecule has 0 aromatic heterocycles. The van der Waals surface area contributed by atoms with Crippen molar-refractivity contribution in [2.75, 3.05) is 6.61 Å². The average Bonchev–Trinajstić information content (AvgIpc) is 2.72. The van der Waals surface area contributed by atoms with Crippen molar-refractivity contribution in [2.45, 2.75) is 109 Å². The Morgan fingerprint density at radius 3 is 2.17 bits per heavy atom. The quantitative estimate of drug-likeness (QED) is 0.193. The van der Waals surface area contributed by atoms with Gasteiger partial charge in [-0.1, -0.05) is 88.8 Å². The highest BCUT2D eigenvalue weighted by Crippen LogP contribution is 2.08. The number of hydrogen-bond donors (Lipinski definition) is 3. The molecule has 0 saturated heterocycles. The second-order valence-electron chi connectivity index (χ2n) is 7.69. The summed E-state index contributed by atoms with van der Waals surface area (Å²) in [6, 6.07) is -0.621. The van der Waals surface area contributed by atoms with Gasteiger partial charge in [-0.15, -0.1) is 0 Å². The highest BCUT2D eigenvalue weighted by atomic mass is 16.3. The number of rotatable bonds is 19. The Bertz CT molecular complexity index is 457. The van der Waals surface area contributed by atoms with Gasteiger partial charge in [-0.05, 0) is 38.5 Å². The minimum Gasteiger partial charge on any atom is -0.394 e. The maximum Gasteiger partial charge on any atom is 0.220 e. The summed E-state index contributed by atoms with van der Waals surface area (Å²) in [6.07, 6.45) is 25.2. The lowest BCUT2D eigenvalue weighted by Gasteiger charge is -2.19. The van der Waals surface area contributed by atoms with Gasteiger partial charge in [0.2, 0.25) is 5.91 Å². The van der Waals surface area contributed by atoms with Crippen LogP contribution in [0.25, 0.3) is 0 Å². The van der Waals surface area contributed by atoms with Crippen LogP contribution in [0.4, 0.5) is 0 Å². The zero-order chi connectivity index (χ0) is 21.6. The SMILES string of the molecule is CCC/C=C\C/C=C\CCCCCCCC(=O)NC(CO)C(O)/C=C/CCCC. The van der Waals surface area contributed by atoms with Gasteiger partial charge >= 0.3 is 0 Å². The molecule has 0 aliphatic heterocycles. The number of allylic oxidation sites excluding steroid dienone is 5. The fraction of sp³-hybridized carbons (Fsp3) is 0.720. The van der Waals surface area contributed by atoms with Gasteiger partial charge in [0, 0.05) is 6.42 Å². The first kappa shape index (κ1) is 27.6. The summed E-state index contributed by atoms with van der Waals surface area (Å²) in [5.74, 6) is -0.0934. The lowest BCUT2D eigenvalue weighted by atomic mass is 10.1. The first-order chi connectivity index (χ1) is 14.2. The number of carbonyl (C=O) groups is 1. The highest BCUT2D eigenvalue weighted by molar-refractivity contribution is 5.76. The van der Waals surface area contributed by atoms with Gasteiger partial charge in [0.25, 0.3) is 0 Å². The number of aliphatic hydroxyl groups is 2. The van der Waals surface area contributed by atoms with E-state index in [1.165, 1.54) is 25.7 Å². The molecule has 0 aromatic carbocycles. The molecular weight excluding hydrogens is 362 g/mol. The molecule has 0 aliphatic rings. The molecule has 2 unspecified atom stereocenters. The number of hydrogen-bond acceptors (Lipinski definition) is 3. The summed E-state index contributed by atoms with van der Waals surface area (Å²) >= 11 is 0. The predicted molar refractivity (Wildman–Crippen MR) is 124 cm³/mol. The summed E-state index contributed by atoms with van der Waals surface area (Å²) in [6.45, 7) is 4.05. The van der Waals surface area contributed by atoms with Gasteiger partial charge in [0.15, 0.2) is 0 Å². The molecule has 0 rings (SSSR count). The minimum atomic E-state index is -0.837. The van der Waals surface area contributed by atoms with Crippen molar-refractivity contribution >= 4 is 5.91 Å². The molecule has 0 radical (unpaired) electrons. The molecule has 0 bridgehead atoms. The Hall–Kier alpha value is -1.39. The van der Waals surface area contributed by atoms with Crippen molar-refractivity contribution in [3.8, 4) is 0 Å². The van der Waals surface area contributed by atoms with Crippen molar-refractivity contribution in [1.82, 2.24) is 5.32 Å². The van der Waals surface area contributed by atoms with Crippen LogP contribution >= 0.6 is 0 Å². The molecule has 4 nitrogen and oxygen atoms in total. The van der Waals surface area contributed by atoms with Crippen molar-refractivity contribution in [3.63, 3.8) is 0 Å². The molecule has 1 amide bonds. The van der Waals surface area contributed by atoms with E-state index in [9.17, 15) is 15.0 Å². The summed E-state index contributed by atoms with van der Waals surface area (Å²) in [7, 11) is 0. The van der Waals surface area contributed by atoms with Gasteiger partial charge in [-0.3, -0.25) is 4.79 Å². The van der Waals surface area contributed by atoms with E-state index in [-0.39, 0.29) is 12.5 Å². The van der Waals surface area contributed by atoms with Crippen molar-refractivity contribution in [2.24, 2.45) is 0 Å². The number of aliphatic hydroxyl groups excluding tert-OH is 2. The summed E-state index contributed by atoms with van der Waals surface area (Å²) < 4.78 is 0. The molecule has 0 saturated carbocycles. The second-order valence-corrected chi connectivity index (χ2v) is 7.69. The van der Waals surface area contributed by atoms with Gasteiger partial charge in [0.1, 0.15) is 0 Å². The smallest absolute Gasteiger partial charge is 0.220 e. The van der Waals surface area contributed by atoms with E-state index >= 15 is 0 Å². The fourth-order valence-corrected chi connectivity index (χ4v) is 2.96. The standard InChI is InChI=1S/C25H45NO3/c1-3-5-7-9-10-11-12-13-14-15-16-17-19-21-25(29)26-23(22-27)24(28)20-18-8-6-4-2/h7,9,11-12,18,20,23-24,27-28H,3-6,8,10,13-17,19,21-22H2,1-2H3,(H,26,29)/b9-7-,12-11-,20-18+. The van der Waals surface area contributed by atoms with Gasteiger partial charge in [-0.2, -0.15) is 0 Å². The molecule has 3 N–H and O–H groups in total. The lowest BCUT2D eigenvalue weighted by molar-refractivity contribution is -0.123. The molecule has 0 aromatic rings. The first-order valence-electron chi connectivity index (χ1n) is 11.7. The van der Waals surface area contributed by atoms with E-state index in [1.807, 2.05) is 6.08 Å². The number of unbranched alkanes of at least 4 members (excludes halogenated alkanes) is 8. The minimum absolute atomic E-state index is 0.0934. The summed E-state index contributed by atoms with van der Waals surface area (Å²) in [5, 5.41) is 22.2. The molecule has 0 fully saturated rings. The molecular formula is C25H45NO3. The van der Waals surface area contributed by atoms with Gasteiger partial charge in [0.05, 0.1) is 18.8 Å². The molecule has 168 valence electrons. The number of amides is 1. The van der Waals surface area contributed by atoms with Crippen LogP contribution in [0.15, 0.2) is 36.5 Å². The van der Waals surface area contributed by atoms with E-state index in [1.54, 1.807) is 6.08 Å². The van der Waals surface area contributed by atoms with Crippen LogP contribution in [-0.2, 0) is 4.79 Å². The van der Waals surface area contributed by atoms with E-state index in [4.69, 9.17) is 0 Å². The number of nitrogens with one attached hydrogen (secondary N) is 1. The molecule has 0 spiro atoms. The monoisotopic (exact) mass is 407 g/mol. The van der Waals surface area contributed by atoms with Crippen LogP contribution in [0.1, 0.15) is 97.3 Å². The Morgan fingerprint density at radius 1 is 0.828 bits per heavy atom. The average molecular weight is 408 g/mol. The molecule has 29 heavy (non-hydrogen) atoms. The third-order valence-corrected chi connectivity index (χ3v) is 4.85. The van der Waals surface area contributed by atoms with Crippen molar-refractivity contribution < 1.29 is 15.0 Å². The van der Waals surface area contributed by atoms with E-state index in [0.29, 0.717) is 6.42 Å². The highest BCUT2D eigenvalue weighted by Gasteiger charge is 2.17. The summed E-state index contributed by atoms with van der Waals surface area (Å²) in [5.41, 5.74) is 0. The normalized spacial score (nSPS) is 14.2. The fourth-order valence-electron chi connectivity index (χ4n) is 2.96. The maximum absolute atomic E-state index is 12.0. The van der Waals surface area contributed by atoms with Crippen LogP contribution in [0.2, 0.25) is 0 Å². The predicted octanol–water partition coefficient (Wildman–Crippen LogP) is 5.60. The Morgan fingerprint density at radius 2 is 1.48 bits per heavy atom. The maximum atomic E-state index is 12.0. The third kappa shape index (κ3) is 18.4. The lowest BCUT2D eigenvalue weighted by Crippen LogP contribution is -2.45. The molecule has 4 heteroatoms. The van der Waals surface area contributed by atoms with E-state index in [0.717, 1.165) is 51.4 Å². The molecule has 0 aliphatic carbocycles. The Labute approximate surface area is 179 Å². The Kier molecular flexibility index (Phi) is 20.3. The second kappa shape index (κ2) is 21.3.